The average molecular weight is 353 g/mol. The van der Waals surface area contributed by atoms with Crippen LogP contribution in [0.15, 0.2) is 0 Å². The summed E-state index contributed by atoms with van der Waals surface area (Å²) in [6.07, 6.45) is 0. The smallest absolute Gasteiger partial charge is 1.00 e. The van der Waals surface area contributed by atoms with E-state index in [-0.39, 0.29) is 52.8 Å². The molecule has 19 heavy (non-hydrogen) atoms. The molecule has 0 saturated carbocycles. The Labute approximate surface area is 141 Å². The van der Waals surface area contributed by atoms with Crippen LogP contribution in [0.1, 0.15) is 1.43 Å². The predicted octanol–water partition coefficient (Wildman–Crippen LogP) is 1.90. The minimum atomic E-state index is -6.00. The zero-order chi connectivity index (χ0) is 16.2. The monoisotopic (exact) mass is 353 g/mol. The fraction of sp³-hybridized carbons (Fsp3) is 1.00. The molecule has 118 valence electrons. The molecule has 0 aliphatic carbocycles. The summed E-state index contributed by atoms with van der Waals surface area (Å²) in [5.41, 5.74) is 0. The summed E-state index contributed by atoms with van der Waals surface area (Å²) >= 11 is 0. The molecular formula is CH3B3F14K-3. The third-order valence-corrected chi connectivity index (χ3v) is 0. The van der Waals surface area contributed by atoms with Crippen LogP contribution in [0, 0.1) is 0 Å². The molecule has 0 heterocycles. The molecule has 0 amide bonds. The van der Waals surface area contributed by atoms with Crippen LogP contribution < -0.4 is 51.4 Å². The van der Waals surface area contributed by atoms with Crippen LogP contribution in [0.2, 0.25) is 0 Å². The van der Waals surface area contributed by atoms with Gasteiger partial charge in [0.2, 0.25) is 6.93 Å². The predicted molar refractivity (Wildman–Crippen MR) is 38.8 cm³/mol. The Balaban J connectivity index is -0.0000000321. The van der Waals surface area contributed by atoms with Crippen LogP contribution in [-0.4, -0.2) is 28.7 Å². The van der Waals surface area contributed by atoms with Crippen molar-refractivity contribution in [3.63, 3.8) is 0 Å². The SMILES string of the molecule is FCF.F[B-](F)(F)F.F[B-](F)(F)F.F[B-](F)(F)F.[H-].[K+]. The summed E-state index contributed by atoms with van der Waals surface area (Å²) in [4.78, 5) is 0. The maximum Gasteiger partial charge on any atom is 1.00 e. The summed E-state index contributed by atoms with van der Waals surface area (Å²) < 4.78 is 136. The van der Waals surface area contributed by atoms with E-state index in [0.717, 1.165) is 0 Å². The van der Waals surface area contributed by atoms with Crippen LogP contribution >= 0.6 is 0 Å². The molecular weight excluding hydrogens is 350 g/mol. The second-order valence-electron chi connectivity index (χ2n) is 1.59. The van der Waals surface area contributed by atoms with E-state index < -0.39 is 28.7 Å². The molecule has 0 aliphatic heterocycles. The largest absolute Gasteiger partial charge is 1.00 e. The van der Waals surface area contributed by atoms with E-state index in [1.54, 1.807) is 0 Å². The third-order valence-electron chi connectivity index (χ3n) is 0. The zero-order valence-electron chi connectivity index (χ0n) is 9.73. The molecule has 0 fully saturated rings. The van der Waals surface area contributed by atoms with Gasteiger partial charge in [-0.05, 0) is 0 Å². The van der Waals surface area contributed by atoms with E-state index in [9.17, 15) is 60.6 Å². The third kappa shape index (κ3) is 7390. The molecule has 0 aromatic rings. The van der Waals surface area contributed by atoms with Crippen LogP contribution in [0.5, 0.6) is 0 Å². The van der Waals surface area contributed by atoms with Gasteiger partial charge in [0.25, 0.3) is 0 Å². The normalized spacial score (nSPS) is 10.4. The molecule has 0 nitrogen and oxygen atoms in total. The number of hydrogen-bond donors (Lipinski definition) is 0. The fourth-order valence-electron chi connectivity index (χ4n) is 0. The molecule has 0 unspecified atom stereocenters. The van der Waals surface area contributed by atoms with Gasteiger partial charge >= 0.3 is 73.1 Å². The molecule has 0 aromatic heterocycles. The molecule has 0 aliphatic rings. The molecule has 0 spiro atoms. The van der Waals surface area contributed by atoms with Crippen LogP contribution in [0.4, 0.5) is 60.6 Å². The average Bonchev–Trinajstić information content (AvgIpc) is 1.71. The topological polar surface area (TPSA) is 0 Å². The molecule has 0 N–H and O–H groups in total. The van der Waals surface area contributed by atoms with Crippen LogP contribution in [0.3, 0.4) is 0 Å². The Kier molecular flexibility index (Phi) is 25.7. The quantitative estimate of drug-likeness (QED) is 0.461. The first-order valence-electron chi connectivity index (χ1n) is 3.15. The van der Waals surface area contributed by atoms with Crippen molar-refractivity contribution >= 4 is 21.8 Å². The molecule has 18 heteroatoms. The van der Waals surface area contributed by atoms with Crippen LogP contribution in [0.25, 0.3) is 0 Å². The van der Waals surface area contributed by atoms with Gasteiger partial charge in [-0.3, -0.25) is 0 Å². The van der Waals surface area contributed by atoms with Crippen molar-refractivity contribution in [1.82, 2.24) is 0 Å². The standard InChI is InChI=1S/CH2F2.3BF4.K.H/c2-1-3;3*2-1(3,4)5;;/h1H2;;;;;/q;3*-1;+1;-1. The maximum absolute atomic E-state index is 9.75. The van der Waals surface area contributed by atoms with Crippen molar-refractivity contribution in [3.05, 3.63) is 0 Å². The van der Waals surface area contributed by atoms with Gasteiger partial charge in [0.15, 0.2) is 0 Å². The molecule has 0 atom stereocenters. The van der Waals surface area contributed by atoms with Crippen LogP contribution in [-0.2, 0) is 0 Å². The Morgan fingerprint density at radius 2 is 0.474 bits per heavy atom. The molecule has 0 saturated heterocycles. The van der Waals surface area contributed by atoms with Crippen molar-refractivity contribution in [1.29, 1.82) is 0 Å². The van der Waals surface area contributed by atoms with E-state index >= 15 is 0 Å². The Hall–Kier alpha value is 0.851. The minimum absolute atomic E-state index is 0. The van der Waals surface area contributed by atoms with Crippen molar-refractivity contribution in [3.8, 4) is 0 Å². The maximum atomic E-state index is 9.75. The Bertz CT molecular complexity index is 115. The van der Waals surface area contributed by atoms with Gasteiger partial charge in [0.1, 0.15) is 0 Å². The summed E-state index contributed by atoms with van der Waals surface area (Å²) in [5, 5.41) is 0. The summed E-state index contributed by atoms with van der Waals surface area (Å²) in [6.45, 7) is -1.75. The second kappa shape index (κ2) is 15.2. The molecule has 0 radical (unpaired) electrons. The van der Waals surface area contributed by atoms with E-state index in [1.807, 2.05) is 0 Å². The Morgan fingerprint density at radius 3 is 0.474 bits per heavy atom. The first kappa shape index (κ1) is 32.0. The number of alkyl halides is 2. The van der Waals surface area contributed by atoms with Gasteiger partial charge in [-0.25, -0.2) is 8.78 Å². The first-order valence-corrected chi connectivity index (χ1v) is 3.15. The molecule has 0 rings (SSSR count). The fourth-order valence-corrected chi connectivity index (χ4v) is 0. The van der Waals surface area contributed by atoms with Gasteiger partial charge in [0, 0.05) is 0 Å². The second-order valence-corrected chi connectivity index (χ2v) is 1.59. The minimum Gasteiger partial charge on any atom is -1.00 e. The molecule has 0 aromatic carbocycles. The summed E-state index contributed by atoms with van der Waals surface area (Å²) in [6, 6.07) is 0. The van der Waals surface area contributed by atoms with Crippen molar-refractivity contribution < 1.29 is 113 Å². The van der Waals surface area contributed by atoms with E-state index in [2.05, 4.69) is 0 Å². The number of hydrogen-bond acceptors (Lipinski definition) is 0. The number of rotatable bonds is 0. The first-order chi connectivity index (χ1) is 7.41. The molecule has 0 bridgehead atoms. The summed E-state index contributed by atoms with van der Waals surface area (Å²) in [7, 11) is -18.0. The number of halogens is 14. The summed E-state index contributed by atoms with van der Waals surface area (Å²) in [5.74, 6) is 0. The van der Waals surface area contributed by atoms with Crippen molar-refractivity contribution in [2.75, 3.05) is 6.93 Å². The zero-order valence-corrected chi connectivity index (χ0v) is 11.9. The van der Waals surface area contributed by atoms with Gasteiger partial charge < -0.3 is 53.2 Å². The van der Waals surface area contributed by atoms with Gasteiger partial charge in [0.05, 0.1) is 0 Å². The van der Waals surface area contributed by atoms with Crippen molar-refractivity contribution in [2.24, 2.45) is 0 Å². The van der Waals surface area contributed by atoms with E-state index in [1.165, 1.54) is 0 Å². The van der Waals surface area contributed by atoms with E-state index in [4.69, 9.17) is 0 Å². The van der Waals surface area contributed by atoms with Gasteiger partial charge in [-0.1, -0.05) is 0 Å². The van der Waals surface area contributed by atoms with E-state index in [0.29, 0.717) is 0 Å². The van der Waals surface area contributed by atoms with Gasteiger partial charge in [-0.15, -0.1) is 0 Å². The van der Waals surface area contributed by atoms with Crippen molar-refractivity contribution in [2.45, 2.75) is 0 Å². The Morgan fingerprint density at radius 1 is 0.474 bits per heavy atom. The van der Waals surface area contributed by atoms with Gasteiger partial charge in [-0.2, -0.15) is 0 Å².